The minimum absolute atomic E-state index is 0.132. The number of ether oxygens (including phenoxy) is 1. The predicted molar refractivity (Wildman–Crippen MR) is 106 cm³/mol. The van der Waals surface area contributed by atoms with Gasteiger partial charge in [-0.15, -0.1) is 0 Å². The number of hydrazine groups is 1. The number of aromatic nitrogens is 1. The normalized spacial score (nSPS) is 26.7. The van der Waals surface area contributed by atoms with Crippen molar-refractivity contribution < 1.29 is 9.53 Å². The Morgan fingerprint density at radius 1 is 1.18 bits per heavy atom. The lowest BCUT2D eigenvalue weighted by atomic mass is 9.94. The van der Waals surface area contributed by atoms with Gasteiger partial charge in [0, 0.05) is 31.4 Å². The van der Waals surface area contributed by atoms with E-state index in [1.54, 1.807) is 6.20 Å². The molecule has 6 heteroatoms. The molecule has 0 spiro atoms. The van der Waals surface area contributed by atoms with Crippen molar-refractivity contribution in [2.45, 2.75) is 50.2 Å². The molecule has 146 valence electrons. The van der Waals surface area contributed by atoms with Crippen LogP contribution in [0.25, 0.3) is 0 Å². The molecule has 1 amide bonds. The van der Waals surface area contributed by atoms with Crippen molar-refractivity contribution in [3.63, 3.8) is 0 Å². The van der Waals surface area contributed by atoms with Gasteiger partial charge in [0.25, 0.3) is 0 Å². The third-order valence-corrected chi connectivity index (χ3v) is 6.17. The molecule has 2 unspecified atom stereocenters. The van der Waals surface area contributed by atoms with E-state index in [4.69, 9.17) is 4.74 Å². The molecule has 2 aromatic rings. The molecule has 6 nitrogen and oxygen atoms in total. The molecule has 0 radical (unpaired) electrons. The fourth-order valence-electron chi connectivity index (χ4n) is 4.68. The Morgan fingerprint density at radius 3 is 3.04 bits per heavy atom. The summed E-state index contributed by atoms with van der Waals surface area (Å²) in [6, 6.07) is 10.5. The maximum absolute atomic E-state index is 13.3. The number of benzene rings is 1. The number of hydrogen-bond acceptors (Lipinski definition) is 5. The largest absolute Gasteiger partial charge is 0.493 e. The second kappa shape index (κ2) is 7.53. The first-order valence-electron chi connectivity index (χ1n) is 10.3. The maximum Gasteiger partial charge on any atom is 0.241 e. The molecular weight excluding hydrogens is 352 g/mol. The summed E-state index contributed by atoms with van der Waals surface area (Å²) in [6.45, 7) is 1.58. The standard InChI is InChI=1S/C22H26N4O2/c27-22(26-10-2-1-5-20(26)17-4-3-9-23-14-17)19-13-18(24-25-19)15-6-7-21-16(12-15)8-11-28-21/h3-4,6-7,9,12,14,18-20,24-25H,1-2,5,8,10-11,13H2/t18?,19?,20-/m1/s1. The quantitative estimate of drug-likeness (QED) is 0.860. The number of amides is 1. The number of hydrogen-bond donors (Lipinski definition) is 2. The third-order valence-electron chi connectivity index (χ3n) is 6.17. The second-order valence-electron chi connectivity index (χ2n) is 7.92. The fourth-order valence-corrected chi connectivity index (χ4v) is 4.68. The lowest BCUT2D eigenvalue weighted by Gasteiger charge is -2.37. The number of rotatable bonds is 3. The Morgan fingerprint density at radius 2 is 2.14 bits per heavy atom. The monoisotopic (exact) mass is 378 g/mol. The topological polar surface area (TPSA) is 66.5 Å². The minimum atomic E-state index is -0.202. The first-order chi connectivity index (χ1) is 13.8. The highest BCUT2D eigenvalue weighted by atomic mass is 16.5. The molecule has 2 N–H and O–H groups in total. The van der Waals surface area contributed by atoms with Gasteiger partial charge in [0.1, 0.15) is 11.8 Å². The van der Waals surface area contributed by atoms with Gasteiger partial charge in [-0.3, -0.25) is 9.78 Å². The van der Waals surface area contributed by atoms with Crippen LogP contribution in [0.4, 0.5) is 0 Å². The zero-order valence-electron chi connectivity index (χ0n) is 15.9. The molecule has 0 saturated carbocycles. The molecule has 4 heterocycles. The Balaban J connectivity index is 1.30. The second-order valence-corrected chi connectivity index (χ2v) is 7.92. The Labute approximate surface area is 165 Å². The van der Waals surface area contributed by atoms with E-state index in [0.29, 0.717) is 0 Å². The lowest BCUT2D eigenvalue weighted by molar-refractivity contribution is -0.137. The van der Waals surface area contributed by atoms with E-state index in [1.807, 2.05) is 12.3 Å². The van der Waals surface area contributed by atoms with Gasteiger partial charge in [0.2, 0.25) is 5.91 Å². The third kappa shape index (κ3) is 3.27. The number of carbonyl (C=O) groups is 1. The van der Waals surface area contributed by atoms with E-state index in [9.17, 15) is 4.79 Å². The Hall–Kier alpha value is -2.44. The summed E-state index contributed by atoms with van der Waals surface area (Å²) < 4.78 is 5.61. The van der Waals surface area contributed by atoms with E-state index < -0.39 is 0 Å². The summed E-state index contributed by atoms with van der Waals surface area (Å²) in [5, 5.41) is 0. The van der Waals surface area contributed by atoms with Crippen molar-refractivity contribution in [1.29, 1.82) is 0 Å². The van der Waals surface area contributed by atoms with E-state index in [0.717, 1.165) is 56.6 Å². The highest BCUT2D eigenvalue weighted by molar-refractivity contribution is 5.82. The Bertz CT molecular complexity index is 857. The SMILES string of the molecule is O=C(C1CC(c2ccc3c(c2)CCO3)NN1)N1CCCC[C@@H]1c1cccnc1. The van der Waals surface area contributed by atoms with Crippen LogP contribution in [0.3, 0.4) is 0 Å². The molecule has 3 aliphatic rings. The molecule has 2 fully saturated rings. The van der Waals surface area contributed by atoms with Crippen LogP contribution in [-0.4, -0.2) is 35.0 Å². The van der Waals surface area contributed by atoms with Gasteiger partial charge < -0.3 is 9.64 Å². The first-order valence-corrected chi connectivity index (χ1v) is 10.3. The van der Waals surface area contributed by atoms with Gasteiger partial charge in [-0.25, -0.2) is 10.9 Å². The van der Waals surface area contributed by atoms with Crippen molar-refractivity contribution in [1.82, 2.24) is 20.7 Å². The highest BCUT2D eigenvalue weighted by Crippen LogP contribution is 2.34. The molecule has 5 rings (SSSR count). The number of nitrogens with one attached hydrogen (secondary N) is 2. The van der Waals surface area contributed by atoms with Crippen LogP contribution in [0.5, 0.6) is 5.75 Å². The van der Waals surface area contributed by atoms with Crippen LogP contribution in [0.1, 0.15) is 54.5 Å². The smallest absolute Gasteiger partial charge is 0.241 e. The van der Waals surface area contributed by atoms with Crippen molar-refractivity contribution >= 4 is 5.91 Å². The summed E-state index contributed by atoms with van der Waals surface area (Å²) in [6.07, 6.45) is 8.63. The number of fused-ring (bicyclic) bond motifs is 1. The summed E-state index contributed by atoms with van der Waals surface area (Å²) in [7, 11) is 0. The summed E-state index contributed by atoms with van der Waals surface area (Å²) in [4.78, 5) is 19.6. The molecule has 3 atom stereocenters. The number of carbonyl (C=O) groups excluding carboxylic acids is 1. The average Bonchev–Trinajstić information content (AvgIpc) is 3.43. The van der Waals surface area contributed by atoms with Gasteiger partial charge in [-0.2, -0.15) is 0 Å². The van der Waals surface area contributed by atoms with Gasteiger partial charge >= 0.3 is 0 Å². The molecule has 1 aromatic heterocycles. The van der Waals surface area contributed by atoms with E-state index in [1.165, 1.54) is 11.1 Å². The van der Waals surface area contributed by atoms with Crippen molar-refractivity contribution in [3.05, 3.63) is 59.4 Å². The van der Waals surface area contributed by atoms with E-state index >= 15 is 0 Å². The number of piperidine rings is 1. The van der Waals surface area contributed by atoms with Crippen LogP contribution in [0, 0.1) is 0 Å². The molecular formula is C22H26N4O2. The summed E-state index contributed by atoms with van der Waals surface area (Å²) in [5.74, 6) is 1.18. The molecule has 2 saturated heterocycles. The zero-order chi connectivity index (χ0) is 18.9. The number of pyridine rings is 1. The minimum Gasteiger partial charge on any atom is -0.493 e. The van der Waals surface area contributed by atoms with Crippen molar-refractivity contribution in [3.8, 4) is 5.75 Å². The predicted octanol–water partition coefficient (Wildman–Crippen LogP) is 2.68. The average molecular weight is 378 g/mol. The van der Waals surface area contributed by atoms with Gasteiger partial charge in [-0.05, 0) is 54.5 Å². The number of likely N-dealkylation sites (tertiary alicyclic amines) is 1. The summed E-state index contributed by atoms with van der Waals surface area (Å²) in [5.41, 5.74) is 10.2. The molecule has 0 bridgehead atoms. The van der Waals surface area contributed by atoms with Crippen LogP contribution in [0.2, 0.25) is 0 Å². The number of nitrogens with zero attached hydrogens (tertiary/aromatic N) is 2. The van der Waals surface area contributed by atoms with Gasteiger partial charge in [-0.1, -0.05) is 18.2 Å². The lowest BCUT2D eigenvalue weighted by Crippen LogP contribution is -2.48. The summed E-state index contributed by atoms with van der Waals surface area (Å²) >= 11 is 0. The molecule has 28 heavy (non-hydrogen) atoms. The van der Waals surface area contributed by atoms with Crippen LogP contribution in [-0.2, 0) is 11.2 Å². The highest BCUT2D eigenvalue weighted by Gasteiger charge is 2.37. The van der Waals surface area contributed by atoms with E-state index in [2.05, 4.69) is 45.0 Å². The maximum atomic E-state index is 13.3. The van der Waals surface area contributed by atoms with Gasteiger partial charge in [0.15, 0.2) is 0 Å². The van der Waals surface area contributed by atoms with Crippen molar-refractivity contribution in [2.24, 2.45) is 0 Å². The first kappa shape index (κ1) is 17.6. The van der Waals surface area contributed by atoms with Crippen LogP contribution < -0.4 is 15.6 Å². The fraction of sp³-hybridized carbons (Fsp3) is 0.455. The van der Waals surface area contributed by atoms with Crippen LogP contribution >= 0.6 is 0 Å². The zero-order valence-corrected chi connectivity index (χ0v) is 15.9. The van der Waals surface area contributed by atoms with Gasteiger partial charge in [0.05, 0.1) is 12.6 Å². The Kier molecular flexibility index (Phi) is 4.74. The van der Waals surface area contributed by atoms with Crippen molar-refractivity contribution in [2.75, 3.05) is 13.2 Å². The van der Waals surface area contributed by atoms with E-state index in [-0.39, 0.29) is 24.0 Å². The van der Waals surface area contributed by atoms with Crippen LogP contribution in [0.15, 0.2) is 42.7 Å². The molecule has 3 aliphatic heterocycles. The molecule has 0 aliphatic carbocycles. The molecule has 1 aromatic carbocycles.